The van der Waals surface area contributed by atoms with Crippen molar-refractivity contribution in [3.05, 3.63) is 41.3 Å². The second-order valence-electron chi connectivity index (χ2n) is 4.14. The Morgan fingerprint density at radius 2 is 2.12 bits per heavy atom. The van der Waals surface area contributed by atoms with Crippen LogP contribution in [0.5, 0.6) is 0 Å². The van der Waals surface area contributed by atoms with Crippen molar-refractivity contribution in [2.45, 2.75) is 6.67 Å². The Balaban J connectivity index is 2.06. The second-order valence-corrected chi connectivity index (χ2v) is 4.14. The Hall–Kier alpha value is -2.36. The highest BCUT2D eigenvalue weighted by atomic mass is 15.3. The molecule has 4 heteroatoms. The number of anilines is 1. The molecule has 1 aromatic carbocycles. The van der Waals surface area contributed by atoms with Gasteiger partial charge >= 0.3 is 0 Å². The van der Waals surface area contributed by atoms with Crippen LogP contribution in [-0.2, 0) is 6.67 Å². The van der Waals surface area contributed by atoms with Gasteiger partial charge in [0.1, 0.15) is 12.1 Å². The van der Waals surface area contributed by atoms with Gasteiger partial charge in [-0.15, -0.1) is 0 Å². The maximum Gasteiger partial charge on any atom is 0.136 e. The van der Waals surface area contributed by atoms with Gasteiger partial charge in [0.15, 0.2) is 0 Å². The van der Waals surface area contributed by atoms with E-state index in [0.29, 0.717) is 0 Å². The van der Waals surface area contributed by atoms with Crippen LogP contribution in [0.15, 0.2) is 35.5 Å². The summed E-state index contributed by atoms with van der Waals surface area (Å²) in [6, 6.07) is 8.16. The molecule has 82 valence electrons. The number of hydrogen-bond acceptors (Lipinski definition) is 3. The highest BCUT2D eigenvalue weighted by molar-refractivity contribution is 5.93. The van der Waals surface area contributed by atoms with Crippen molar-refractivity contribution in [1.29, 1.82) is 0 Å². The van der Waals surface area contributed by atoms with Crippen molar-refractivity contribution in [3.8, 4) is 0 Å². The van der Waals surface area contributed by atoms with Crippen molar-refractivity contribution in [3.63, 3.8) is 0 Å². The van der Waals surface area contributed by atoms with Crippen LogP contribution < -0.4 is 15.7 Å². The molecule has 2 bridgehead atoms. The van der Waals surface area contributed by atoms with E-state index in [0.717, 1.165) is 28.9 Å². The molecule has 0 amide bonds. The van der Waals surface area contributed by atoms with Gasteiger partial charge in [-0.1, -0.05) is 12.1 Å². The van der Waals surface area contributed by atoms with Crippen molar-refractivity contribution < 1.29 is 0 Å². The smallest absolute Gasteiger partial charge is 0.136 e. The largest absolute Gasteiger partial charge is 0.325 e. The molecule has 0 saturated carbocycles. The maximum absolute atomic E-state index is 4.47. The Bertz CT molecular complexity index is 739. The quantitative estimate of drug-likeness (QED) is 0.654. The third-order valence-electron chi connectivity index (χ3n) is 3.13. The number of fused-ring (bicyclic) bond motifs is 3. The first-order valence-electron chi connectivity index (χ1n) is 5.55. The van der Waals surface area contributed by atoms with Crippen LogP contribution in [0.1, 0.15) is 0 Å². The molecule has 4 nitrogen and oxygen atoms in total. The molecule has 1 aromatic heterocycles. The van der Waals surface area contributed by atoms with Gasteiger partial charge in [0, 0.05) is 12.4 Å². The summed E-state index contributed by atoms with van der Waals surface area (Å²) in [5.74, 6) is 0. The molecule has 0 aliphatic carbocycles. The molecule has 2 aliphatic rings. The van der Waals surface area contributed by atoms with E-state index in [9.17, 15) is 0 Å². The molecular formula is C13H10N4. The highest BCUT2D eigenvalue weighted by Gasteiger charge is 2.16. The van der Waals surface area contributed by atoms with E-state index in [4.69, 9.17) is 0 Å². The van der Waals surface area contributed by atoms with E-state index >= 15 is 0 Å². The molecule has 0 N–H and O–H groups in total. The predicted octanol–water partition coefficient (Wildman–Crippen LogP) is 0.595. The van der Waals surface area contributed by atoms with Gasteiger partial charge in [-0.05, 0) is 18.2 Å². The van der Waals surface area contributed by atoms with Crippen molar-refractivity contribution >= 4 is 29.9 Å². The number of benzene rings is 1. The summed E-state index contributed by atoms with van der Waals surface area (Å²) in [4.78, 5) is 11.0. The second kappa shape index (κ2) is 3.07. The van der Waals surface area contributed by atoms with Crippen LogP contribution in [0.2, 0.25) is 0 Å². The number of hydrogen-bond donors (Lipinski definition) is 0. The van der Waals surface area contributed by atoms with Gasteiger partial charge in [0.25, 0.3) is 0 Å². The molecule has 2 aromatic rings. The number of aliphatic imine (C=N–C) groups is 1. The Morgan fingerprint density at radius 3 is 3.12 bits per heavy atom. The minimum absolute atomic E-state index is 0.807. The van der Waals surface area contributed by atoms with Crippen LogP contribution in [-0.4, -0.2) is 15.8 Å². The summed E-state index contributed by atoms with van der Waals surface area (Å²) in [7, 11) is 0. The minimum Gasteiger partial charge on any atom is -0.325 e. The van der Waals surface area contributed by atoms with Crippen LogP contribution in [0, 0.1) is 0 Å². The lowest BCUT2D eigenvalue weighted by molar-refractivity contribution is 0.712. The molecule has 0 atom stereocenters. The van der Waals surface area contributed by atoms with Crippen LogP contribution in [0.25, 0.3) is 12.3 Å². The zero-order valence-corrected chi connectivity index (χ0v) is 9.11. The number of para-hydroxylation sites is 2. The van der Waals surface area contributed by atoms with Gasteiger partial charge in [0.2, 0.25) is 0 Å². The van der Waals surface area contributed by atoms with Gasteiger partial charge < -0.3 is 9.47 Å². The first-order valence-corrected chi connectivity index (χ1v) is 5.55. The summed E-state index contributed by atoms with van der Waals surface area (Å²) >= 11 is 0. The number of aromatic nitrogens is 2. The molecule has 0 unspecified atom stereocenters. The van der Waals surface area contributed by atoms with Gasteiger partial charge in [-0.2, -0.15) is 0 Å². The first kappa shape index (κ1) is 8.75. The number of rotatable bonds is 0. The summed E-state index contributed by atoms with van der Waals surface area (Å²) in [6.45, 7) is 0.807. The predicted molar refractivity (Wildman–Crippen MR) is 67.5 cm³/mol. The number of nitrogens with zero attached hydrogens (tertiary/aromatic N) is 4. The Morgan fingerprint density at radius 1 is 1.18 bits per heavy atom. The molecule has 0 spiro atoms. The normalized spacial score (nSPS) is 15.4. The Labute approximate surface area is 97.9 Å². The van der Waals surface area contributed by atoms with Gasteiger partial charge in [0.05, 0.1) is 22.9 Å². The van der Waals surface area contributed by atoms with E-state index in [1.807, 2.05) is 36.7 Å². The summed E-state index contributed by atoms with van der Waals surface area (Å²) < 4.78 is 2.17. The monoisotopic (exact) mass is 222 g/mol. The standard InChI is InChI=1S/C13H10N4/c1-2-4-12-11(3-1)14-6-5-13-15-7-10-8-16(12)9-17(10)13/h1-8H,9H2. The van der Waals surface area contributed by atoms with Crippen LogP contribution in [0.4, 0.5) is 11.4 Å². The van der Waals surface area contributed by atoms with Crippen molar-refractivity contribution in [2.24, 2.45) is 4.99 Å². The van der Waals surface area contributed by atoms with E-state index in [2.05, 4.69) is 31.7 Å². The lowest BCUT2D eigenvalue weighted by Gasteiger charge is -2.17. The third-order valence-corrected chi connectivity index (χ3v) is 3.13. The summed E-state index contributed by atoms with van der Waals surface area (Å²) in [5, 5.41) is 1.14. The first-order chi connectivity index (χ1) is 8.42. The maximum atomic E-state index is 4.47. The summed E-state index contributed by atoms with van der Waals surface area (Å²) in [6.07, 6.45) is 7.77. The minimum atomic E-state index is 0.807. The Kier molecular flexibility index (Phi) is 1.58. The fourth-order valence-corrected chi connectivity index (χ4v) is 2.29. The van der Waals surface area contributed by atoms with E-state index in [1.165, 1.54) is 0 Å². The average molecular weight is 222 g/mol. The molecule has 4 rings (SSSR count). The zero-order valence-electron chi connectivity index (χ0n) is 9.11. The highest BCUT2D eigenvalue weighted by Crippen LogP contribution is 2.29. The van der Waals surface area contributed by atoms with Crippen molar-refractivity contribution in [2.75, 3.05) is 4.90 Å². The molecule has 0 fully saturated rings. The van der Waals surface area contributed by atoms with Gasteiger partial charge in [-0.25, -0.2) is 4.98 Å². The van der Waals surface area contributed by atoms with E-state index in [-0.39, 0.29) is 0 Å². The fourth-order valence-electron chi connectivity index (χ4n) is 2.29. The summed E-state index contributed by atoms with van der Waals surface area (Å²) in [5.41, 5.74) is 3.08. The molecule has 3 heterocycles. The SMILES string of the molecule is C1=Nc2ccccc2N2C=c3cnc(n3C2)=C1. The van der Waals surface area contributed by atoms with E-state index < -0.39 is 0 Å². The molecular weight excluding hydrogens is 212 g/mol. The zero-order chi connectivity index (χ0) is 11.2. The lowest BCUT2D eigenvalue weighted by atomic mass is 10.2. The lowest BCUT2D eigenvalue weighted by Crippen LogP contribution is -2.26. The van der Waals surface area contributed by atoms with Gasteiger partial charge in [-0.3, -0.25) is 4.99 Å². The molecule has 0 saturated heterocycles. The fraction of sp³-hybridized carbons (Fsp3) is 0.0769. The number of imidazole rings is 1. The third kappa shape index (κ3) is 1.18. The topological polar surface area (TPSA) is 33.4 Å². The van der Waals surface area contributed by atoms with E-state index in [1.54, 1.807) is 0 Å². The average Bonchev–Trinajstić information content (AvgIpc) is 2.91. The van der Waals surface area contributed by atoms with Crippen molar-refractivity contribution in [1.82, 2.24) is 9.55 Å². The molecule has 17 heavy (non-hydrogen) atoms. The van der Waals surface area contributed by atoms with Crippen LogP contribution in [0.3, 0.4) is 0 Å². The van der Waals surface area contributed by atoms with Crippen LogP contribution >= 0.6 is 0 Å². The molecule has 0 radical (unpaired) electrons. The molecule has 2 aliphatic heterocycles.